The SMILES string of the molecule is NCCC1(O)CCc2c(Br)cccc2C1. The quantitative estimate of drug-likeness (QED) is 0.863. The third-order valence-corrected chi connectivity index (χ3v) is 3.93. The van der Waals surface area contributed by atoms with Gasteiger partial charge >= 0.3 is 0 Å². The summed E-state index contributed by atoms with van der Waals surface area (Å²) < 4.78 is 1.16. The minimum Gasteiger partial charge on any atom is -0.389 e. The van der Waals surface area contributed by atoms with E-state index in [4.69, 9.17) is 5.73 Å². The van der Waals surface area contributed by atoms with Gasteiger partial charge in [0.2, 0.25) is 0 Å². The molecule has 82 valence electrons. The number of fused-ring (bicyclic) bond motifs is 1. The van der Waals surface area contributed by atoms with Gasteiger partial charge in [0.05, 0.1) is 5.60 Å². The zero-order valence-corrected chi connectivity index (χ0v) is 10.3. The Hall–Kier alpha value is -0.380. The molecule has 2 nitrogen and oxygen atoms in total. The van der Waals surface area contributed by atoms with Gasteiger partial charge in [-0.15, -0.1) is 0 Å². The Morgan fingerprint density at radius 1 is 1.47 bits per heavy atom. The van der Waals surface area contributed by atoms with Crippen LogP contribution < -0.4 is 5.73 Å². The maximum absolute atomic E-state index is 10.3. The molecular formula is C12H16BrNO. The fourth-order valence-corrected chi connectivity index (χ4v) is 2.94. The molecule has 0 amide bonds. The number of hydrogen-bond acceptors (Lipinski definition) is 2. The lowest BCUT2D eigenvalue weighted by Crippen LogP contribution is -2.37. The van der Waals surface area contributed by atoms with Crippen LogP contribution in [0.5, 0.6) is 0 Å². The summed E-state index contributed by atoms with van der Waals surface area (Å²) in [4.78, 5) is 0. The summed E-state index contributed by atoms with van der Waals surface area (Å²) in [7, 11) is 0. The van der Waals surface area contributed by atoms with E-state index < -0.39 is 5.60 Å². The Morgan fingerprint density at radius 2 is 2.27 bits per heavy atom. The van der Waals surface area contributed by atoms with Crippen molar-refractivity contribution in [3.8, 4) is 0 Å². The number of nitrogens with two attached hydrogens (primary N) is 1. The highest BCUT2D eigenvalue weighted by Crippen LogP contribution is 2.34. The number of halogens is 1. The van der Waals surface area contributed by atoms with E-state index in [0.29, 0.717) is 13.0 Å². The lowest BCUT2D eigenvalue weighted by Gasteiger charge is -2.33. The normalized spacial score (nSPS) is 25.0. The summed E-state index contributed by atoms with van der Waals surface area (Å²) in [5.41, 5.74) is 7.55. The molecule has 3 N–H and O–H groups in total. The van der Waals surface area contributed by atoms with Gasteiger partial charge in [0, 0.05) is 10.9 Å². The van der Waals surface area contributed by atoms with Crippen LogP contribution in [0.1, 0.15) is 24.0 Å². The van der Waals surface area contributed by atoms with Crippen molar-refractivity contribution in [1.29, 1.82) is 0 Å². The first-order valence-corrected chi connectivity index (χ1v) is 6.13. The standard InChI is InChI=1S/C12H16BrNO/c13-11-3-1-2-9-8-12(15,6-7-14)5-4-10(9)11/h1-3,15H,4-8,14H2. The van der Waals surface area contributed by atoms with Crippen LogP contribution >= 0.6 is 15.9 Å². The average Bonchev–Trinajstić information content (AvgIpc) is 2.17. The molecule has 15 heavy (non-hydrogen) atoms. The van der Waals surface area contributed by atoms with Crippen LogP contribution in [0.25, 0.3) is 0 Å². The van der Waals surface area contributed by atoms with Gasteiger partial charge in [0.25, 0.3) is 0 Å². The second-order valence-corrected chi connectivity index (χ2v) is 5.17. The highest BCUT2D eigenvalue weighted by Gasteiger charge is 2.31. The first kappa shape index (κ1) is 11.1. The van der Waals surface area contributed by atoms with Gasteiger partial charge in [0.1, 0.15) is 0 Å². The zero-order chi connectivity index (χ0) is 10.9. The minimum absolute atomic E-state index is 0.555. The van der Waals surface area contributed by atoms with Crippen molar-refractivity contribution < 1.29 is 5.11 Å². The highest BCUT2D eigenvalue weighted by atomic mass is 79.9. The molecule has 0 fully saturated rings. The summed E-state index contributed by atoms with van der Waals surface area (Å²) in [6.07, 6.45) is 3.19. The van der Waals surface area contributed by atoms with Crippen LogP contribution in [-0.2, 0) is 12.8 Å². The molecule has 0 aromatic heterocycles. The van der Waals surface area contributed by atoms with E-state index in [0.717, 1.165) is 23.7 Å². The van der Waals surface area contributed by atoms with Gasteiger partial charge < -0.3 is 10.8 Å². The summed E-state index contributed by atoms with van der Waals surface area (Å²) >= 11 is 3.55. The monoisotopic (exact) mass is 269 g/mol. The fourth-order valence-electron chi connectivity index (χ4n) is 2.33. The molecule has 1 aliphatic rings. The van der Waals surface area contributed by atoms with E-state index in [9.17, 15) is 5.11 Å². The highest BCUT2D eigenvalue weighted by molar-refractivity contribution is 9.10. The van der Waals surface area contributed by atoms with Crippen LogP contribution in [-0.4, -0.2) is 17.3 Å². The van der Waals surface area contributed by atoms with Crippen molar-refractivity contribution in [2.75, 3.05) is 6.54 Å². The molecule has 0 heterocycles. The van der Waals surface area contributed by atoms with E-state index in [2.05, 4.69) is 28.1 Å². The summed E-state index contributed by atoms with van der Waals surface area (Å²) in [6.45, 7) is 0.555. The van der Waals surface area contributed by atoms with Gasteiger partial charge in [-0.25, -0.2) is 0 Å². The predicted molar refractivity (Wildman–Crippen MR) is 64.8 cm³/mol. The molecule has 0 bridgehead atoms. The van der Waals surface area contributed by atoms with Crippen LogP contribution in [0.3, 0.4) is 0 Å². The molecule has 1 aromatic carbocycles. The van der Waals surface area contributed by atoms with Crippen molar-refractivity contribution in [3.05, 3.63) is 33.8 Å². The Kier molecular flexibility index (Phi) is 3.14. The van der Waals surface area contributed by atoms with Gasteiger partial charge in [-0.2, -0.15) is 0 Å². The lowest BCUT2D eigenvalue weighted by molar-refractivity contribution is 0.0202. The fraction of sp³-hybridized carbons (Fsp3) is 0.500. The van der Waals surface area contributed by atoms with E-state index in [1.54, 1.807) is 0 Å². The predicted octanol–water partition coefficient (Wildman–Crippen LogP) is 2.02. The van der Waals surface area contributed by atoms with Crippen molar-refractivity contribution in [1.82, 2.24) is 0 Å². The van der Waals surface area contributed by atoms with Crippen molar-refractivity contribution in [2.24, 2.45) is 5.73 Å². The summed E-state index contributed by atoms with van der Waals surface area (Å²) in [5, 5.41) is 10.3. The number of benzene rings is 1. The van der Waals surface area contributed by atoms with Crippen LogP contribution in [0.15, 0.2) is 22.7 Å². The second kappa shape index (κ2) is 4.24. The Balaban J connectivity index is 2.27. The molecule has 0 saturated carbocycles. The summed E-state index contributed by atoms with van der Waals surface area (Å²) in [5.74, 6) is 0. The minimum atomic E-state index is -0.581. The van der Waals surface area contributed by atoms with Crippen molar-refractivity contribution in [3.63, 3.8) is 0 Å². The molecular weight excluding hydrogens is 254 g/mol. The van der Waals surface area contributed by atoms with E-state index in [1.807, 2.05) is 6.07 Å². The molecule has 2 rings (SSSR count). The first-order chi connectivity index (χ1) is 7.14. The van der Waals surface area contributed by atoms with Crippen molar-refractivity contribution in [2.45, 2.75) is 31.3 Å². The molecule has 1 aromatic rings. The molecule has 3 heteroatoms. The zero-order valence-electron chi connectivity index (χ0n) is 8.67. The maximum atomic E-state index is 10.3. The number of hydrogen-bond donors (Lipinski definition) is 2. The van der Waals surface area contributed by atoms with E-state index in [1.165, 1.54) is 11.1 Å². The smallest absolute Gasteiger partial charge is 0.0703 e. The average molecular weight is 270 g/mol. The molecule has 0 aliphatic heterocycles. The van der Waals surface area contributed by atoms with E-state index in [-0.39, 0.29) is 0 Å². The molecule has 1 aliphatic carbocycles. The van der Waals surface area contributed by atoms with Crippen molar-refractivity contribution >= 4 is 15.9 Å². The summed E-state index contributed by atoms with van der Waals surface area (Å²) in [6, 6.07) is 6.18. The Labute approximate surface area is 98.6 Å². The molecule has 1 unspecified atom stereocenters. The number of aliphatic hydroxyl groups is 1. The van der Waals surface area contributed by atoms with Gasteiger partial charge in [0.15, 0.2) is 0 Å². The lowest BCUT2D eigenvalue weighted by atomic mass is 9.79. The topological polar surface area (TPSA) is 46.2 Å². The van der Waals surface area contributed by atoms with Gasteiger partial charge in [-0.1, -0.05) is 28.1 Å². The Bertz CT molecular complexity index is 367. The van der Waals surface area contributed by atoms with E-state index >= 15 is 0 Å². The molecule has 0 saturated heterocycles. The third-order valence-electron chi connectivity index (χ3n) is 3.19. The van der Waals surface area contributed by atoms with Crippen LogP contribution in [0, 0.1) is 0 Å². The molecule has 0 radical (unpaired) electrons. The van der Waals surface area contributed by atoms with Crippen LogP contribution in [0.2, 0.25) is 0 Å². The van der Waals surface area contributed by atoms with Gasteiger partial charge in [-0.3, -0.25) is 0 Å². The maximum Gasteiger partial charge on any atom is 0.0703 e. The molecule has 1 atom stereocenters. The van der Waals surface area contributed by atoms with Gasteiger partial charge in [-0.05, 0) is 43.0 Å². The third kappa shape index (κ3) is 2.25. The Morgan fingerprint density at radius 3 is 3.00 bits per heavy atom. The first-order valence-electron chi connectivity index (χ1n) is 5.33. The largest absolute Gasteiger partial charge is 0.389 e. The molecule has 0 spiro atoms. The van der Waals surface area contributed by atoms with Crippen LogP contribution in [0.4, 0.5) is 0 Å². The second-order valence-electron chi connectivity index (χ2n) is 4.32. The number of rotatable bonds is 2.